The lowest BCUT2D eigenvalue weighted by molar-refractivity contribution is -0.225. The Morgan fingerprint density at radius 3 is 2.48 bits per heavy atom. The Morgan fingerprint density at radius 1 is 1.09 bits per heavy atom. The molecule has 2 aliphatic heterocycles. The molecule has 2 N–H and O–H groups in total. The standard InChI is InChI=1S/C26H38O7/c1-23-8-9-26(31-10-11-32-26)13-15(23)12-16(22(29)30-3)20-17-4-6-25(7-5-19(28)33-25)24(17,2)14-18(27)21(20)23/h12,16-21,27-28H,4-11,13-14H2,1-3H3/t16-,17+,18-,19?,20+,21?,23+,24+,25?/m1/s1. The van der Waals surface area contributed by atoms with Crippen LogP contribution in [0, 0.1) is 34.5 Å². The van der Waals surface area contributed by atoms with E-state index in [1.807, 2.05) is 0 Å². The van der Waals surface area contributed by atoms with Gasteiger partial charge in [0.2, 0.25) is 0 Å². The third kappa shape index (κ3) is 2.89. The first-order chi connectivity index (χ1) is 15.7. The van der Waals surface area contributed by atoms with Crippen molar-refractivity contribution in [1.29, 1.82) is 0 Å². The third-order valence-corrected chi connectivity index (χ3v) is 10.8. The molecule has 2 heterocycles. The molecule has 0 radical (unpaired) electrons. The van der Waals surface area contributed by atoms with Crippen molar-refractivity contribution >= 4 is 5.97 Å². The van der Waals surface area contributed by atoms with E-state index in [-0.39, 0.29) is 34.6 Å². The van der Waals surface area contributed by atoms with Crippen LogP contribution in [-0.2, 0) is 23.7 Å². The highest BCUT2D eigenvalue weighted by molar-refractivity contribution is 5.75. The van der Waals surface area contributed by atoms with Crippen LogP contribution < -0.4 is 0 Å². The number of rotatable bonds is 1. The maximum Gasteiger partial charge on any atom is 0.312 e. The van der Waals surface area contributed by atoms with E-state index in [9.17, 15) is 15.0 Å². The average Bonchev–Trinajstić information content (AvgIpc) is 3.47. The van der Waals surface area contributed by atoms with Crippen molar-refractivity contribution in [3.8, 4) is 0 Å². The summed E-state index contributed by atoms with van der Waals surface area (Å²) in [4.78, 5) is 13.2. The topological polar surface area (TPSA) is 94.5 Å². The fourth-order valence-corrected chi connectivity index (χ4v) is 9.27. The zero-order valence-electron chi connectivity index (χ0n) is 20.0. The van der Waals surface area contributed by atoms with E-state index >= 15 is 0 Å². The number of aliphatic hydroxyl groups excluding tert-OH is 2. The van der Waals surface area contributed by atoms with Crippen LogP contribution in [0.3, 0.4) is 0 Å². The molecule has 3 saturated carbocycles. The quantitative estimate of drug-likeness (QED) is 0.457. The Hall–Kier alpha value is -0.990. The molecule has 0 bridgehead atoms. The molecule has 9 atom stereocenters. The summed E-state index contributed by atoms with van der Waals surface area (Å²) < 4.78 is 23.6. The predicted molar refractivity (Wildman–Crippen MR) is 118 cm³/mol. The Labute approximate surface area is 195 Å². The number of fused-ring (bicyclic) bond motifs is 6. The van der Waals surface area contributed by atoms with Crippen molar-refractivity contribution in [2.45, 2.75) is 89.0 Å². The van der Waals surface area contributed by atoms with Gasteiger partial charge in [-0.15, -0.1) is 0 Å². The molecular weight excluding hydrogens is 424 g/mol. The molecule has 2 spiro atoms. The molecule has 0 aromatic heterocycles. The molecule has 0 aromatic rings. The predicted octanol–water partition coefficient (Wildman–Crippen LogP) is 2.93. The maximum absolute atomic E-state index is 13.2. The molecule has 0 amide bonds. The Kier molecular flexibility index (Phi) is 4.95. The van der Waals surface area contributed by atoms with E-state index in [0.717, 1.165) is 32.1 Å². The number of carbonyl (C=O) groups excluding carboxylic acids is 1. The van der Waals surface area contributed by atoms with E-state index in [0.29, 0.717) is 32.5 Å². The second-order valence-corrected chi connectivity index (χ2v) is 12.0. The van der Waals surface area contributed by atoms with Gasteiger partial charge >= 0.3 is 5.97 Å². The van der Waals surface area contributed by atoms with Gasteiger partial charge in [0.15, 0.2) is 12.1 Å². The highest BCUT2D eigenvalue weighted by atomic mass is 16.7. The molecule has 184 valence electrons. The summed E-state index contributed by atoms with van der Waals surface area (Å²) in [6.07, 6.45) is 7.08. The fraction of sp³-hybridized carbons (Fsp3) is 0.885. The molecule has 33 heavy (non-hydrogen) atoms. The van der Waals surface area contributed by atoms with Gasteiger partial charge in [-0.05, 0) is 55.3 Å². The van der Waals surface area contributed by atoms with E-state index < -0.39 is 29.7 Å². The summed E-state index contributed by atoms with van der Waals surface area (Å²) in [7, 11) is 1.46. The molecular formula is C26H38O7. The van der Waals surface area contributed by atoms with E-state index in [4.69, 9.17) is 18.9 Å². The minimum Gasteiger partial charge on any atom is -0.469 e. The first-order valence-corrected chi connectivity index (χ1v) is 12.8. The minimum atomic E-state index is -0.733. The molecule has 7 nitrogen and oxygen atoms in total. The van der Waals surface area contributed by atoms with Gasteiger partial charge in [0.05, 0.1) is 37.9 Å². The molecule has 2 saturated heterocycles. The van der Waals surface area contributed by atoms with Crippen LogP contribution in [0.2, 0.25) is 0 Å². The van der Waals surface area contributed by atoms with Gasteiger partial charge in [-0.25, -0.2) is 0 Å². The second-order valence-electron chi connectivity index (χ2n) is 12.0. The lowest BCUT2D eigenvalue weighted by Crippen LogP contribution is -2.62. The first-order valence-electron chi connectivity index (χ1n) is 12.8. The molecule has 6 rings (SSSR count). The summed E-state index contributed by atoms with van der Waals surface area (Å²) in [6.45, 7) is 5.72. The van der Waals surface area contributed by atoms with Gasteiger partial charge in [0.1, 0.15) is 0 Å². The SMILES string of the molecule is COC(=O)[C@@H]1C=C2CC3(CC[C@]2(C)C2[C@@H]1[C@@H]1CCC4(CCC(O)O4)[C@@]1(C)C[C@H]2O)OCCO3. The van der Waals surface area contributed by atoms with E-state index in [1.54, 1.807) is 0 Å². The minimum absolute atomic E-state index is 0.0138. The molecule has 5 fully saturated rings. The van der Waals surface area contributed by atoms with Gasteiger partial charge in [0, 0.05) is 24.7 Å². The highest BCUT2D eigenvalue weighted by Gasteiger charge is 2.70. The van der Waals surface area contributed by atoms with Crippen LogP contribution in [0.4, 0.5) is 0 Å². The molecule has 6 aliphatic rings. The van der Waals surface area contributed by atoms with Gasteiger partial charge < -0.3 is 29.2 Å². The zero-order valence-corrected chi connectivity index (χ0v) is 20.0. The average molecular weight is 463 g/mol. The third-order valence-electron chi connectivity index (χ3n) is 10.8. The fourth-order valence-electron chi connectivity index (χ4n) is 9.27. The number of aliphatic hydroxyl groups is 2. The Bertz CT molecular complexity index is 865. The smallest absolute Gasteiger partial charge is 0.312 e. The summed E-state index contributed by atoms with van der Waals surface area (Å²) >= 11 is 0. The number of hydrogen-bond acceptors (Lipinski definition) is 7. The summed E-state index contributed by atoms with van der Waals surface area (Å²) in [6, 6.07) is 0. The number of methoxy groups -OCH3 is 1. The van der Waals surface area contributed by atoms with Crippen LogP contribution in [-0.4, -0.2) is 60.3 Å². The van der Waals surface area contributed by atoms with Gasteiger partial charge in [0.25, 0.3) is 0 Å². The highest BCUT2D eigenvalue weighted by Crippen LogP contribution is 2.71. The van der Waals surface area contributed by atoms with Crippen LogP contribution in [0.5, 0.6) is 0 Å². The van der Waals surface area contributed by atoms with Crippen LogP contribution in [0.15, 0.2) is 11.6 Å². The summed E-state index contributed by atoms with van der Waals surface area (Å²) in [5.41, 5.74) is 0.265. The van der Waals surface area contributed by atoms with Crippen molar-refractivity contribution in [2.75, 3.05) is 20.3 Å². The lowest BCUT2D eigenvalue weighted by atomic mass is 9.44. The summed E-state index contributed by atoms with van der Waals surface area (Å²) in [5, 5.41) is 22.0. The molecule has 4 aliphatic carbocycles. The number of carbonyl (C=O) groups is 1. The van der Waals surface area contributed by atoms with Gasteiger partial charge in [-0.3, -0.25) is 4.79 Å². The number of esters is 1. The zero-order chi connectivity index (χ0) is 23.2. The second kappa shape index (κ2) is 7.26. The van der Waals surface area contributed by atoms with Crippen molar-refractivity contribution < 1.29 is 34.0 Å². The monoisotopic (exact) mass is 462 g/mol. The largest absolute Gasteiger partial charge is 0.469 e. The van der Waals surface area contributed by atoms with Gasteiger partial charge in [-0.2, -0.15) is 0 Å². The number of hydrogen-bond donors (Lipinski definition) is 2. The van der Waals surface area contributed by atoms with Crippen molar-refractivity contribution in [2.24, 2.45) is 34.5 Å². The molecule has 7 heteroatoms. The van der Waals surface area contributed by atoms with Crippen molar-refractivity contribution in [3.05, 3.63) is 11.6 Å². The lowest BCUT2D eigenvalue weighted by Gasteiger charge is -2.62. The van der Waals surface area contributed by atoms with Crippen LogP contribution in [0.1, 0.15) is 65.2 Å². The van der Waals surface area contributed by atoms with Crippen molar-refractivity contribution in [1.82, 2.24) is 0 Å². The molecule has 3 unspecified atom stereocenters. The Morgan fingerprint density at radius 2 is 1.82 bits per heavy atom. The first kappa shape index (κ1) is 22.5. The molecule has 0 aromatic carbocycles. The van der Waals surface area contributed by atoms with Crippen molar-refractivity contribution in [3.63, 3.8) is 0 Å². The van der Waals surface area contributed by atoms with E-state index in [1.165, 1.54) is 12.7 Å². The summed E-state index contributed by atoms with van der Waals surface area (Å²) in [5.74, 6) is -1.03. The maximum atomic E-state index is 13.2. The van der Waals surface area contributed by atoms with Gasteiger partial charge in [-0.1, -0.05) is 25.5 Å². The Balaban J connectivity index is 1.44. The normalized spacial score (nSPS) is 52.3. The van der Waals surface area contributed by atoms with E-state index in [2.05, 4.69) is 19.9 Å². The van der Waals surface area contributed by atoms with Crippen LogP contribution in [0.25, 0.3) is 0 Å². The van der Waals surface area contributed by atoms with Crippen LogP contribution >= 0.6 is 0 Å². The number of ether oxygens (including phenoxy) is 4.